The second-order valence-electron chi connectivity index (χ2n) is 7.15. The summed E-state index contributed by atoms with van der Waals surface area (Å²) in [4.78, 5) is 16.4. The van der Waals surface area contributed by atoms with Gasteiger partial charge in [0.1, 0.15) is 5.82 Å². The molecular formula is C22H18Cl3FN4O. The Bertz CT molecular complexity index is 1080. The monoisotopic (exact) mass is 478 g/mol. The van der Waals surface area contributed by atoms with E-state index in [-0.39, 0.29) is 22.9 Å². The molecule has 1 amide bonds. The third kappa shape index (κ3) is 4.92. The highest BCUT2D eigenvalue weighted by atomic mass is 35.5. The van der Waals surface area contributed by atoms with Gasteiger partial charge in [-0.3, -0.25) is 4.79 Å². The summed E-state index contributed by atoms with van der Waals surface area (Å²) < 4.78 is 14.0. The lowest BCUT2D eigenvalue weighted by Crippen LogP contribution is -2.49. The molecule has 1 aliphatic rings. The number of anilines is 1. The maximum absolute atomic E-state index is 14.0. The van der Waals surface area contributed by atoms with Crippen LogP contribution >= 0.6 is 34.8 Å². The second kappa shape index (κ2) is 9.39. The molecule has 1 saturated heterocycles. The number of carbonyl (C=O) groups is 1. The van der Waals surface area contributed by atoms with Crippen molar-refractivity contribution in [2.75, 3.05) is 31.1 Å². The summed E-state index contributed by atoms with van der Waals surface area (Å²) in [6.07, 6.45) is -0.0537. The van der Waals surface area contributed by atoms with Gasteiger partial charge in [0.2, 0.25) is 5.91 Å². The van der Waals surface area contributed by atoms with Crippen molar-refractivity contribution < 1.29 is 9.18 Å². The Labute approximate surface area is 194 Å². The Kier molecular flexibility index (Phi) is 6.60. The van der Waals surface area contributed by atoms with E-state index in [0.29, 0.717) is 41.9 Å². The minimum Gasteiger partial charge on any atom is -0.352 e. The minimum absolute atomic E-state index is 0.0537. The van der Waals surface area contributed by atoms with Gasteiger partial charge in [-0.2, -0.15) is 0 Å². The number of hydrogen-bond acceptors (Lipinski definition) is 4. The van der Waals surface area contributed by atoms with Crippen LogP contribution in [0.5, 0.6) is 0 Å². The van der Waals surface area contributed by atoms with Crippen molar-refractivity contribution in [1.82, 2.24) is 15.1 Å². The molecule has 0 saturated carbocycles. The average molecular weight is 480 g/mol. The summed E-state index contributed by atoms with van der Waals surface area (Å²) >= 11 is 18.2. The standard InChI is InChI=1S/C22H18Cl3FN4O/c23-14-4-5-15(18(25)12-14)20-6-7-21(28-27-20)29-8-10-30(11-9-29)22(31)13-16-17(24)2-1-3-19(16)26/h1-7,12H,8-11,13H2. The normalized spacial score (nSPS) is 14.1. The first-order chi connectivity index (χ1) is 14.9. The number of aromatic nitrogens is 2. The Balaban J connectivity index is 1.38. The Morgan fingerprint density at radius 3 is 2.35 bits per heavy atom. The first-order valence-electron chi connectivity index (χ1n) is 9.67. The molecule has 0 atom stereocenters. The predicted octanol–water partition coefficient (Wildman–Crippen LogP) is 5.13. The van der Waals surface area contributed by atoms with Crippen LogP contribution < -0.4 is 4.90 Å². The van der Waals surface area contributed by atoms with Crippen LogP contribution in [0.2, 0.25) is 15.1 Å². The minimum atomic E-state index is -0.462. The molecule has 3 aromatic rings. The maximum atomic E-state index is 14.0. The van der Waals surface area contributed by atoms with Crippen molar-refractivity contribution >= 4 is 46.5 Å². The molecule has 0 spiro atoms. The molecule has 1 aliphatic heterocycles. The van der Waals surface area contributed by atoms with Crippen LogP contribution in [0.25, 0.3) is 11.3 Å². The van der Waals surface area contributed by atoms with Crippen LogP contribution in [-0.2, 0) is 11.2 Å². The van der Waals surface area contributed by atoms with Crippen LogP contribution in [0.1, 0.15) is 5.56 Å². The lowest BCUT2D eigenvalue weighted by molar-refractivity contribution is -0.130. The molecule has 0 N–H and O–H groups in total. The number of nitrogens with zero attached hydrogens (tertiary/aromatic N) is 4. The number of piperazine rings is 1. The molecule has 0 bridgehead atoms. The van der Waals surface area contributed by atoms with Gasteiger partial charge in [0.25, 0.3) is 0 Å². The van der Waals surface area contributed by atoms with Crippen LogP contribution in [0.4, 0.5) is 10.2 Å². The molecule has 2 heterocycles. The summed E-state index contributed by atoms with van der Waals surface area (Å²) in [6, 6.07) is 13.4. The van der Waals surface area contributed by atoms with Crippen molar-refractivity contribution in [2.45, 2.75) is 6.42 Å². The van der Waals surface area contributed by atoms with E-state index in [1.807, 2.05) is 12.1 Å². The van der Waals surface area contributed by atoms with E-state index in [9.17, 15) is 9.18 Å². The maximum Gasteiger partial charge on any atom is 0.227 e. The van der Waals surface area contributed by atoms with Crippen LogP contribution in [0.15, 0.2) is 48.5 Å². The molecule has 0 radical (unpaired) electrons. The molecule has 1 fully saturated rings. The molecule has 2 aromatic carbocycles. The largest absolute Gasteiger partial charge is 0.352 e. The van der Waals surface area contributed by atoms with E-state index in [0.717, 1.165) is 11.4 Å². The van der Waals surface area contributed by atoms with Gasteiger partial charge in [-0.15, -0.1) is 10.2 Å². The zero-order chi connectivity index (χ0) is 22.0. The predicted molar refractivity (Wildman–Crippen MR) is 121 cm³/mol. The fourth-order valence-electron chi connectivity index (χ4n) is 3.48. The van der Waals surface area contributed by atoms with Gasteiger partial charge in [0.05, 0.1) is 17.1 Å². The fraction of sp³-hybridized carbons (Fsp3) is 0.227. The van der Waals surface area contributed by atoms with E-state index >= 15 is 0 Å². The lowest BCUT2D eigenvalue weighted by Gasteiger charge is -2.35. The van der Waals surface area contributed by atoms with Gasteiger partial charge in [-0.25, -0.2) is 4.39 Å². The van der Waals surface area contributed by atoms with Crippen LogP contribution in [-0.4, -0.2) is 47.2 Å². The molecule has 9 heteroatoms. The lowest BCUT2D eigenvalue weighted by atomic mass is 10.1. The van der Waals surface area contributed by atoms with Gasteiger partial charge < -0.3 is 9.80 Å². The first kappa shape index (κ1) is 21.8. The summed E-state index contributed by atoms with van der Waals surface area (Å²) in [5.74, 6) is 0.110. The molecule has 160 valence electrons. The van der Waals surface area contributed by atoms with E-state index < -0.39 is 5.82 Å². The first-order valence-corrected chi connectivity index (χ1v) is 10.8. The van der Waals surface area contributed by atoms with Gasteiger partial charge in [-0.05, 0) is 42.5 Å². The SMILES string of the molecule is O=C(Cc1c(F)cccc1Cl)N1CCN(c2ccc(-c3ccc(Cl)cc3Cl)nn2)CC1. The van der Waals surface area contributed by atoms with Crippen molar-refractivity contribution in [3.8, 4) is 11.3 Å². The summed E-state index contributed by atoms with van der Waals surface area (Å²) in [7, 11) is 0. The zero-order valence-electron chi connectivity index (χ0n) is 16.4. The van der Waals surface area contributed by atoms with Gasteiger partial charge >= 0.3 is 0 Å². The molecule has 5 nitrogen and oxygen atoms in total. The third-order valence-corrected chi connectivity index (χ3v) is 6.11. The fourth-order valence-corrected chi connectivity index (χ4v) is 4.22. The molecular weight excluding hydrogens is 462 g/mol. The number of benzene rings is 2. The van der Waals surface area contributed by atoms with E-state index in [1.54, 1.807) is 29.2 Å². The highest BCUT2D eigenvalue weighted by molar-refractivity contribution is 6.36. The van der Waals surface area contributed by atoms with E-state index in [1.165, 1.54) is 12.1 Å². The van der Waals surface area contributed by atoms with Crippen molar-refractivity contribution in [3.05, 3.63) is 75.0 Å². The smallest absolute Gasteiger partial charge is 0.227 e. The zero-order valence-corrected chi connectivity index (χ0v) is 18.6. The van der Waals surface area contributed by atoms with E-state index in [2.05, 4.69) is 15.1 Å². The molecule has 0 aliphatic carbocycles. The highest BCUT2D eigenvalue weighted by Gasteiger charge is 2.24. The van der Waals surface area contributed by atoms with Crippen molar-refractivity contribution in [1.29, 1.82) is 0 Å². The quantitative estimate of drug-likeness (QED) is 0.520. The summed E-state index contributed by atoms with van der Waals surface area (Å²) in [6.45, 7) is 2.23. The molecule has 1 aromatic heterocycles. The number of amides is 1. The van der Waals surface area contributed by atoms with Crippen LogP contribution in [0.3, 0.4) is 0 Å². The highest BCUT2D eigenvalue weighted by Crippen LogP contribution is 2.29. The Morgan fingerprint density at radius 2 is 1.71 bits per heavy atom. The van der Waals surface area contributed by atoms with Crippen LogP contribution in [0, 0.1) is 5.82 Å². The Hall–Kier alpha value is -2.41. The van der Waals surface area contributed by atoms with Gasteiger partial charge in [0.15, 0.2) is 5.82 Å². The second-order valence-corrected chi connectivity index (χ2v) is 8.40. The third-order valence-electron chi connectivity index (χ3n) is 5.20. The summed E-state index contributed by atoms with van der Waals surface area (Å²) in [5, 5.41) is 9.94. The van der Waals surface area contributed by atoms with Gasteiger partial charge in [0, 0.05) is 47.4 Å². The number of halogens is 4. The number of carbonyl (C=O) groups excluding carboxylic acids is 1. The van der Waals surface area contributed by atoms with Crippen molar-refractivity contribution in [3.63, 3.8) is 0 Å². The topological polar surface area (TPSA) is 49.3 Å². The number of rotatable bonds is 4. The number of hydrogen-bond donors (Lipinski definition) is 0. The molecule has 31 heavy (non-hydrogen) atoms. The summed E-state index contributed by atoms with van der Waals surface area (Å²) in [5.41, 5.74) is 1.65. The van der Waals surface area contributed by atoms with Gasteiger partial charge in [-0.1, -0.05) is 40.9 Å². The molecule has 0 unspecified atom stereocenters. The Morgan fingerprint density at radius 1 is 0.935 bits per heavy atom. The molecule has 4 rings (SSSR count). The van der Waals surface area contributed by atoms with E-state index in [4.69, 9.17) is 34.8 Å². The average Bonchev–Trinajstić information content (AvgIpc) is 2.77. The van der Waals surface area contributed by atoms with Crippen molar-refractivity contribution in [2.24, 2.45) is 0 Å².